The van der Waals surface area contributed by atoms with E-state index >= 15 is 0 Å². The molecular weight excluding hydrogens is 306 g/mol. The first-order valence-electron chi connectivity index (χ1n) is 8.84. The van der Waals surface area contributed by atoms with Gasteiger partial charge in [-0.25, -0.2) is 4.79 Å². The predicted molar refractivity (Wildman–Crippen MR) is 89.4 cm³/mol. The lowest BCUT2D eigenvalue weighted by molar-refractivity contribution is -0.142. The minimum Gasteiger partial charge on any atom is -0.481 e. The third-order valence-electron chi connectivity index (χ3n) is 5.33. The van der Waals surface area contributed by atoms with Crippen molar-refractivity contribution in [2.24, 2.45) is 11.8 Å². The molecule has 3 rings (SSSR count). The largest absolute Gasteiger partial charge is 0.481 e. The summed E-state index contributed by atoms with van der Waals surface area (Å²) in [5.74, 6) is -0.533. The number of nitrogens with zero attached hydrogens (tertiary/aromatic N) is 1. The molecule has 0 bridgehead atoms. The Morgan fingerprint density at radius 3 is 2.42 bits per heavy atom. The van der Waals surface area contributed by atoms with Crippen molar-refractivity contribution >= 4 is 12.0 Å². The van der Waals surface area contributed by atoms with Crippen molar-refractivity contribution < 1.29 is 14.7 Å². The van der Waals surface area contributed by atoms with E-state index in [0.717, 1.165) is 31.4 Å². The number of carboxylic acid groups (broad SMARTS) is 1. The van der Waals surface area contributed by atoms with Gasteiger partial charge in [0.05, 0.1) is 17.7 Å². The number of nitrogens with one attached hydrogen (secondary N) is 2. The van der Waals surface area contributed by atoms with Crippen LogP contribution >= 0.6 is 0 Å². The molecule has 2 aliphatic rings. The van der Waals surface area contributed by atoms with Crippen LogP contribution in [0, 0.1) is 11.8 Å². The van der Waals surface area contributed by atoms with Gasteiger partial charge in [-0.05, 0) is 56.6 Å². The highest BCUT2D eigenvalue weighted by Crippen LogP contribution is 2.37. The van der Waals surface area contributed by atoms with E-state index in [2.05, 4.69) is 15.6 Å². The highest BCUT2D eigenvalue weighted by molar-refractivity contribution is 5.75. The quantitative estimate of drug-likeness (QED) is 0.773. The number of hydrogen-bond donors (Lipinski definition) is 3. The van der Waals surface area contributed by atoms with Crippen LogP contribution in [0.2, 0.25) is 0 Å². The van der Waals surface area contributed by atoms with Gasteiger partial charge in [-0.2, -0.15) is 0 Å². The molecule has 0 radical (unpaired) electrons. The van der Waals surface area contributed by atoms with Crippen molar-refractivity contribution in [3.8, 4) is 0 Å². The number of rotatable bonds is 5. The first kappa shape index (κ1) is 16.7. The van der Waals surface area contributed by atoms with Crippen molar-refractivity contribution in [3.63, 3.8) is 0 Å². The summed E-state index contributed by atoms with van der Waals surface area (Å²) in [7, 11) is 0. The molecule has 1 heterocycles. The fourth-order valence-corrected chi connectivity index (χ4v) is 3.62. The number of hydrogen-bond acceptors (Lipinski definition) is 3. The summed E-state index contributed by atoms with van der Waals surface area (Å²) in [4.78, 5) is 27.8. The summed E-state index contributed by atoms with van der Waals surface area (Å²) in [6.07, 6.45) is 7.91. The van der Waals surface area contributed by atoms with Gasteiger partial charge in [0.15, 0.2) is 0 Å². The summed E-state index contributed by atoms with van der Waals surface area (Å²) in [6, 6.07) is 5.63. The van der Waals surface area contributed by atoms with Crippen LogP contribution in [0.3, 0.4) is 0 Å². The van der Waals surface area contributed by atoms with Crippen LogP contribution in [-0.4, -0.2) is 28.1 Å². The van der Waals surface area contributed by atoms with Gasteiger partial charge in [-0.15, -0.1) is 0 Å². The lowest BCUT2D eigenvalue weighted by Gasteiger charge is -2.34. The second-order valence-electron chi connectivity index (χ2n) is 6.93. The van der Waals surface area contributed by atoms with Crippen molar-refractivity contribution in [2.45, 2.75) is 57.0 Å². The van der Waals surface area contributed by atoms with Crippen LogP contribution in [-0.2, 0) is 4.79 Å². The van der Waals surface area contributed by atoms with Crippen LogP contribution in [0.4, 0.5) is 4.79 Å². The normalized spacial score (nSPS) is 25.3. The Hall–Kier alpha value is -2.11. The molecule has 2 amide bonds. The molecule has 1 aromatic heterocycles. The molecule has 1 unspecified atom stereocenters. The first-order valence-corrected chi connectivity index (χ1v) is 8.84. The SMILES string of the molecule is O=C(NC1CCC(C(=O)O)CC1)NC(c1ccccn1)C1CCC1. The van der Waals surface area contributed by atoms with Gasteiger partial charge < -0.3 is 15.7 Å². The summed E-state index contributed by atoms with van der Waals surface area (Å²) in [6.45, 7) is 0. The van der Waals surface area contributed by atoms with Crippen LogP contribution in [0.1, 0.15) is 56.7 Å². The molecule has 3 N–H and O–H groups in total. The summed E-state index contributed by atoms with van der Waals surface area (Å²) < 4.78 is 0. The molecule has 2 saturated carbocycles. The van der Waals surface area contributed by atoms with E-state index in [1.807, 2.05) is 18.2 Å². The average molecular weight is 331 g/mol. The van der Waals surface area contributed by atoms with Crippen LogP contribution in [0.5, 0.6) is 0 Å². The Labute approximate surface area is 142 Å². The molecule has 2 aliphatic carbocycles. The number of amides is 2. The van der Waals surface area contributed by atoms with E-state index in [9.17, 15) is 9.59 Å². The number of aliphatic carboxylic acids is 1. The maximum Gasteiger partial charge on any atom is 0.315 e. The Kier molecular flexibility index (Phi) is 5.33. The molecule has 2 fully saturated rings. The van der Waals surface area contributed by atoms with Gasteiger partial charge in [0.25, 0.3) is 0 Å². The lowest BCUT2D eigenvalue weighted by Crippen LogP contribution is -2.47. The smallest absolute Gasteiger partial charge is 0.315 e. The molecule has 6 nitrogen and oxygen atoms in total. The molecule has 130 valence electrons. The lowest BCUT2D eigenvalue weighted by atomic mass is 9.78. The van der Waals surface area contributed by atoms with Gasteiger partial charge in [-0.3, -0.25) is 9.78 Å². The Balaban J connectivity index is 1.54. The Morgan fingerprint density at radius 2 is 1.88 bits per heavy atom. The molecule has 1 atom stereocenters. The van der Waals surface area contributed by atoms with Crippen molar-refractivity contribution in [3.05, 3.63) is 30.1 Å². The monoisotopic (exact) mass is 331 g/mol. The zero-order valence-corrected chi connectivity index (χ0v) is 13.8. The Morgan fingerprint density at radius 1 is 1.12 bits per heavy atom. The van der Waals surface area contributed by atoms with Crippen LogP contribution in [0.25, 0.3) is 0 Å². The van der Waals surface area contributed by atoms with Gasteiger partial charge in [0, 0.05) is 12.2 Å². The number of pyridine rings is 1. The third-order valence-corrected chi connectivity index (χ3v) is 5.33. The zero-order valence-electron chi connectivity index (χ0n) is 13.8. The zero-order chi connectivity index (χ0) is 16.9. The summed E-state index contributed by atoms with van der Waals surface area (Å²) >= 11 is 0. The van der Waals surface area contributed by atoms with E-state index < -0.39 is 5.97 Å². The van der Waals surface area contributed by atoms with E-state index in [1.54, 1.807) is 6.20 Å². The second kappa shape index (κ2) is 7.64. The average Bonchev–Trinajstić information content (AvgIpc) is 2.54. The van der Waals surface area contributed by atoms with Gasteiger partial charge in [-0.1, -0.05) is 12.5 Å². The van der Waals surface area contributed by atoms with Gasteiger partial charge in [0.1, 0.15) is 0 Å². The van der Waals surface area contributed by atoms with Gasteiger partial charge >= 0.3 is 12.0 Å². The van der Waals surface area contributed by atoms with E-state index in [4.69, 9.17) is 5.11 Å². The number of carboxylic acids is 1. The highest BCUT2D eigenvalue weighted by Gasteiger charge is 2.32. The fraction of sp³-hybridized carbons (Fsp3) is 0.611. The number of aromatic nitrogens is 1. The molecular formula is C18H25N3O3. The standard InChI is InChI=1S/C18H25N3O3/c22-17(23)13-7-9-14(10-8-13)20-18(24)21-16(12-4-3-5-12)15-6-1-2-11-19-15/h1-2,6,11-14,16H,3-5,7-10H2,(H,22,23)(H2,20,21,24). The minimum absolute atomic E-state index is 0.0460. The minimum atomic E-state index is -0.724. The first-order chi connectivity index (χ1) is 11.6. The molecule has 1 aromatic rings. The molecule has 0 aliphatic heterocycles. The van der Waals surface area contributed by atoms with Crippen LogP contribution in [0.15, 0.2) is 24.4 Å². The summed E-state index contributed by atoms with van der Waals surface area (Å²) in [5, 5.41) is 15.1. The summed E-state index contributed by atoms with van der Waals surface area (Å²) in [5.41, 5.74) is 0.909. The van der Waals surface area contributed by atoms with E-state index in [-0.39, 0.29) is 24.0 Å². The topological polar surface area (TPSA) is 91.3 Å². The second-order valence-corrected chi connectivity index (χ2v) is 6.93. The highest BCUT2D eigenvalue weighted by atomic mass is 16.4. The van der Waals surface area contributed by atoms with E-state index in [0.29, 0.717) is 18.8 Å². The number of carbonyl (C=O) groups is 2. The van der Waals surface area contributed by atoms with Crippen LogP contribution < -0.4 is 10.6 Å². The van der Waals surface area contributed by atoms with Gasteiger partial charge in [0.2, 0.25) is 0 Å². The van der Waals surface area contributed by atoms with Crippen molar-refractivity contribution in [1.29, 1.82) is 0 Å². The molecule has 0 saturated heterocycles. The van der Waals surface area contributed by atoms with E-state index in [1.165, 1.54) is 6.42 Å². The number of urea groups is 1. The molecule has 0 spiro atoms. The van der Waals surface area contributed by atoms with Crippen molar-refractivity contribution in [1.82, 2.24) is 15.6 Å². The molecule has 0 aromatic carbocycles. The fourth-order valence-electron chi connectivity index (χ4n) is 3.62. The third kappa shape index (κ3) is 4.04. The Bertz CT molecular complexity index is 566. The molecule has 6 heteroatoms. The maximum atomic E-state index is 12.4. The number of carbonyl (C=O) groups excluding carboxylic acids is 1. The molecule has 24 heavy (non-hydrogen) atoms. The predicted octanol–water partition coefficient (Wildman–Crippen LogP) is 2.87. The maximum absolute atomic E-state index is 12.4. The van der Waals surface area contributed by atoms with Crippen molar-refractivity contribution in [2.75, 3.05) is 0 Å².